The Morgan fingerprint density at radius 1 is 1.53 bits per heavy atom. The van der Waals surface area contributed by atoms with Crippen molar-refractivity contribution in [1.29, 1.82) is 0 Å². The smallest absolute Gasteiger partial charge is 0.180 e. The van der Waals surface area contributed by atoms with Gasteiger partial charge >= 0.3 is 0 Å². The first-order chi connectivity index (χ1) is 7.22. The van der Waals surface area contributed by atoms with E-state index in [1.54, 1.807) is 0 Å². The van der Waals surface area contributed by atoms with Gasteiger partial charge in [0.15, 0.2) is 5.13 Å². The van der Waals surface area contributed by atoms with Gasteiger partial charge in [-0.15, -0.1) is 11.3 Å². The van der Waals surface area contributed by atoms with Crippen molar-refractivity contribution in [1.82, 2.24) is 9.88 Å². The number of likely N-dealkylation sites (N-methyl/N-ethyl adjacent to an activating group) is 1. The highest BCUT2D eigenvalue weighted by molar-refractivity contribution is 7.13. The molecule has 0 unspecified atom stereocenters. The third-order valence-corrected chi connectivity index (χ3v) is 2.86. The number of anilines is 1. The highest BCUT2D eigenvalue weighted by atomic mass is 32.1. The zero-order valence-corrected chi connectivity index (χ0v) is 10.2. The summed E-state index contributed by atoms with van der Waals surface area (Å²) in [6.07, 6.45) is 0.955. The first-order valence-corrected chi connectivity index (χ1v) is 6.06. The lowest BCUT2D eigenvalue weighted by Gasteiger charge is -2.15. The van der Waals surface area contributed by atoms with Crippen LogP contribution in [0.25, 0.3) is 0 Å². The van der Waals surface area contributed by atoms with Gasteiger partial charge in [-0.25, -0.2) is 4.98 Å². The summed E-state index contributed by atoms with van der Waals surface area (Å²) in [7, 11) is 2.09. The van der Waals surface area contributed by atoms with E-state index in [4.69, 9.17) is 10.5 Å². The van der Waals surface area contributed by atoms with Crippen LogP contribution in [0, 0.1) is 0 Å². The highest BCUT2D eigenvalue weighted by Crippen LogP contribution is 2.11. The van der Waals surface area contributed by atoms with E-state index in [1.165, 1.54) is 11.3 Å². The van der Waals surface area contributed by atoms with Gasteiger partial charge in [-0.3, -0.25) is 0 Å². The molecule has 0 aliphatic heterocycles. The van der Waals surface area contributed by atoms with Gasteiger partial charge in [0.25, 0.3) is 0 Å². The molecule has 0 saturated carbocycles. The molecule has 4 nitrogen and oxygen atoms in total. The summed E-state index contributed by atoms with van der Waals surface area (Å²) < 4.78 is 5.29. The largest absolute Gasteiger partial charge is 0.380 e. The van der Waals surface area contributed by atoms with Crippen molar-refractivity contribution in [2.24, 2.45) is 0 Å². The van der Waals surface area contributed by atoms with Gasteiger partial charge in [0.05, 0.1) is 12.3 Å². The van der Waals surface area contributed by atoms with Crippen molar-refractivity contribution < 1.29 is 4.74 Å². The molecular formula is C10H19N3OS. The quantitative estimate of drug-likeness (QED) is 0.715. The molecule has 1 aromatic heterocycles. The van der Waals surface area contributed by atoms with E-state index < -0.39 is 0 Å². The van der Waals surface area contributed by atoms with Gasteiger partial charge in [0.2, 0.25) is 0 Å². The summed E-state index contributed by atoms with van der Waals surface area (Å²) in [6.45, 7) is 5.56. The molecular weight excluding hydrogens is 210 g/mol. The van der Waals surface area contributed by atoms with Crippen LogP contribution in [0.3, 0.4) is 0 Å². The van der Waals surface area contributed by atoms with E-state index in [1.807, 2.05) is 12.3 Å². The first kappa shape index (κ1) is 12.4. The molecule has 0 aliphatic carbocycles. The van der Waals surface area contributed by atoms with Gasteiger partial charge in [0.1, 0.15) is 0 Å². The van der Waals surface area contributed by atoms with Crippen LogP contribution < -0.4 is 5.73 Å². The van der Waals surface area contributed by atoms with Crippen molar-refractivity contribution in [3.8, 4) is 0 Å². The van der Waals surface area contributed by atoms with E-state index in [0.717, 1.165) is 38.4 Å². The monoisotopic (exact) mass is 229 g/mol. The average molecular weight is 229 g/mol. The average Bonchev–Trinajstić information content (AvgIpc) is 2.62. The second-order valence-corrected chi connectivity index (χ2v) is 4.32. The summed E-state index contributed by atoms with van der Waals surface area (Å²) >= 11 is 1.50. The van der Waals surface area contributed by atoms with Crippen LogP contribution in [0.5, 0.6) is 0 Å². The normalized spacial score (nSPS) is 11.1. The summed E-state index contributed by atoms with van der Waals surface area (Å²) in [6, 6.07) is 0. The number of ether oxygens (including phenoxy) is 1. The van der Waals surface area contributed by atoms with E-state index in [-0.39, 0.29) is 0 Å². The third kappa shape index (κ3) is 5.11. The fourth-order valence-corrected chi connectivity index (χ4v) is 1.82. The molecule has 0 aromatic carbocycles. The second-order valence-electron chi connectivity index (χ2n) is 3.43. The number of hydrogen-bond acceptors (Lipinski definition) is 5. The minimum Gasteiger partial charge on any atom is -0.380 e. The molecule has 0 aliphatic rings. The van der Waals surface area contributed by atoms with Crippen molar-refractivity contribution in [2.45, 2.75) is 13.3 Å². The van der Waals surface area contributed by atoms with E-state index in [2.05, 4.69) is 16.9 Å². The highest BCUT2D eigenvalue weighted by Gasteiger charge is 2.02. The zero-order valence-electron chi connectivity index (χ0n) is 9.40. The SMILES string of the molecule is CCOCCN(C)CCc1csc(N)n1. The lowest BCUT2D eigenvalue weighted by atomic mass is 10.3. The molecule has 15 heavy (non-hydrogen) atoms. The molecule has 0 atom stereocenters. The Morgan fingerprint density at radius 3 is 2.93 bits per heavy atom. The zero-order chi connectivity index (χ0) is 11.1. The Labute approximate surface area is 95.1 Å². The number of rotatable bonds is 7. The molecule has 2 N–H and O–H groups in total. The Hall–Kier alpha value is -0.650. The van der Waals surface area contributed by atoms with Crippen LogP contribution in [-0.4, -0.2) is 43.2 Å². The minimum absolute atomic E-state index is 0.655. The maximum atomic E-state index is 5.56. The molecule has 0 spiro atoms. The van der Waals surface area contributed by atoms with Crippen LogP contribution in [-0.2, 0) is 11.2 Å². The molecule has 1 aromatic rings. The maximum Gasteiger partial charge on any atom is 0.180 e. The first-order valence-electron chi connectivity index (χ1n) is 5.18. The molecule has 86 valence electrons. The van der Waals surface area contributed by atoms with Crippen molar-refractivity contribution in [3.63, 3.8) is 0 Å². The number of nitrogens with zero attached hydrogens (tertiary/aromatic N) is 2. The summed E-state index contributed by atoms with van der Waals surface area (Å²) in [5.41, 5.74) is 6.64. The number of aromatic nitrogens is 1. The standard InChI is InChI=1S/C10H19N3OS/c1-3-14-7-6-13(2)5-4-9-8-15-10(11)12-9/h8H,3-7H2,1-2H3,(H2,11,12). The fourth-order valence-electron chi connectivity index (χ4n) is 1.22. The van der Waals surface area contributed by atoms with Gasteiger partial charge in [0, 0.05) is 31.5 Å². The summed E-state index contributed by atoms with van der Waals surface area (Å²) in [4.78, 5) is 6.46. The molecule has 0 bridgehead atoms. The van der Waals surface area contributed by atoms with Crippen LogP contribution in [0.1, 0.15) is 12.6 Å². The lowest BCUT2D eigenvalue weighted by molar-refractivity contribution is 0.122. The molecule has 5 heteroatoms. The Kier molecular flexibility index (Phi) is 5.60. The van der Waals surface area contributed by atoms with E-state index in [9.17, 15) is 0 Å². The number of thiazole rings is 1. The predicted molar refractivity (Wildman–Crippen MR) is 64.2 cm³/mol. The molecule has 1 heterocycles. The van der Waals surface area contributed by atoms with Gasteiger partial charge in [-0.2, -0.15) is 0 Å². The number of nitrogen functional groups attached to an aromatic ring is 1. The van der Waals surface area contributed by atoms with Crippen LogP contribution in [0.2, 0.25) is 0 Å². The summed E-state index contributed by atoms with van der Waals surface area (Å²) in [5.74, 6) is 0. The Morgan fingerprint density at radius 2 is 2.33 bits per heavy atom. The van der Waals surface area contributed by atoms with Crippen molar-refractivity contribution in [2.75, 3.05) is 39.1 Å². The third-order valence-electron chi connectivity index (χ3n) is 2.14. The van der Waals surface area contributed by atoms with Gasteiger partial charge in [-0.1, -0.05) is 0 Å². The van der Waals surface area contributed by atoms with Gasteiger partial charge in [-0.05, 0) is 14.0 Å². The van der Waals surface area contributed by atoms with E-state index >= 15 is 0 Å². The maximum absolute atomic E-state index is 5.56. The topological polar surface area (TPSA) is 51.4 Å². The van der Waals surface area contributed by atoms with Crippen LogP contribution in [0.15, 0.2) is 5.38 Å². The predicted octanol–water partition coefficient (Wildman–Crippen LogP) is 1.24. The minimum atomic E-state index is 0.655. The van der Waals surface area contributed by atoms with Crippen LogP contribution >= 0.6 is 11.3 Å². The summed E-state index contributed by atoms with van der Waals surface area (Å²) in [5, 5.41) is 2.67. The molecule has 0 amide bonds. The number of hydrogen-bond donors (Lipinski definition) is 1. The van der Waals surface area contributed by atoms with Crippen molar-refractivity contribution >= 4 is 16.5 Å². The van der Waals surface area contributed by atoms with E-state index in [0.29, 0.717) is 5.13 Å². The van der Waals surface area contributed by atoms with Crippen LogP contribution in [0.4, 0.5) is 5.13 Å². The molecule has 0 radical (unpaired) electrons. The lowest BCUT2D eigenvalue weighted by Crippen LogP contribution is -2.25. The number of nitrogens with two attached hydrogens (primary N) is 1. The molecule has 1 rings (SSSR count). The molecule has 0 fully saturated rings. The second kappa shape index (κ2) is 6.76. The fraction of sp³-hybridized carbons (Fsp3) is 0.700. The van der Waals surface area contributed by atoms with Gasteiger partial charge < -0.3 is 15.4 Å². The van der Waals surface area contributed by atoms with Crippen molar-refractivity contribution in [3.05, 3.63) is 11.1 Å². The Bertz CT molecular complexity index is 277. The Balaban J connectivity index is 2.13. The molecule has 0 saturated heterocycles.